The lowest BCUT2D eigenvalue weighted by molar-refractivity contribution is -0.123. The molecule has 0 spiro atoms. The van der Waals surface area contributed by atoms with Crippen molar-refractivity contribution in [2.75, 3.05) is 7.11 Å². The molecule has 134 valence electrons. The molecule has 1 aliphatic carbocycles. The number of fused-ring (bicyclic) bond motifs is 2. The summed E-state index contributed by atoms with van der Waals surface area (Å²) in [6, 6.07) is 16.9. The van der Waals surface area contributed by atoms with Crippen LogP contribution in [0.4, 0.5) is 0 Å². The summed E-state index contributed by atoms with van der Waals surface area (Å²) in [5, 5.41) is 0.209. The number of carbonyl (C=O) groups is 1. The molecule has 2 aliphatic rings. The molecule has 0 N–H and O–H groups in total. The Bertz CT molecular complexity index is 862. The number of hydrogen-bond donors (Lipinski definition) is 0. The van der Waals surface area contributed by atoms with Gasteiger partial charge in [-0.25, -0.2) is 0 Å². The van der Waals surface area contributed by atoms with Crippen molar-refractivity contribution in [3.63, 3.8) is 0 Å². The van der Waals surface area contributed by atoms with E-state index in [1.54, 1.807) is 7.11 Å². The molecule has 0 radical (unpaired) electrons. The van der Waals surface area contributed by atoms with Gasteiger partial charge in [0.1, 0.15) is 0 Å². The van der Waals surface area contributed by atoms with Gasteiger partial charge in [0.05, 0.1) is 16.8 Å². The van der Waals surface area contributed by atoms with E-state index in [1.165, 1.54) is 34.0 Å². The molecule has 2 nitrogen and oxygen atoms in total. The van der Waals surface area contributed by atoms with Crippen LogP contribution in [-0.4, -0.2) is 23.6 Å². The van der Waals surface area contributed by atoms with Crippen molar-refractivity contribution in [1.29, 1.82) is 0 Å². The largest absolute Gasteiger partial charge is 0.379 e. The maximum atomic E-state index is 12.8. The summed E-state index contributed by atoms with van der Waals surface area (Å²) in [5.41, 5.74) is 5.01. The van der Waals surface area contributed by atoms with Gasteiger partial charge in [-0.3, -0.25) is 4.79 Å². The van der Waals surface area contributed by atoms with Gasteiger partial charge >= 0.3 is 0 Å². The van der Waals surface area contributed by atoms with E-state index in [-0.39, 0.29) is 21.9 Å². The van der Waals surface area contributed by atoms with Crippen molar-refractivity contribution in [3.8, 4) is 0 Å². The molecule has 2 atom stereocenters. The number of carbonyl (C=O) groups excluding carboxylic acids is 1. The molecule has 0 amide bonds. The topological polar surface area (TPSA) is 26.3 Å². The second kappa shape index (κ2) is 5.83. The van der Waals surface area contributed by atoms with E-state index in [9.17, 15) is 4.79 Å². The summed E-state index contributed by atoms with van der Waals surface area (Å²) in [7, 11) is 1.72. The van der Waals surface area contributed by atoms with E-state index in [0.717, 1.165) is 5.57 Å². The fourth-order valence-corrected chi connectivity index (χ4v) is 6.37. The first-order chi connectivity index (χ1) is 12.3. The first kappa shape index (κ1) is 17.6. The summed E-state index contributed by atoms with van der Waals surface area (Å²) in [6.45, 7) is 10.6. The van der Waals surface area contributed by atoms with Crippen LogP contribution in [0, 0.1) is 5.41 Å². The normalized spacial score (nSPS) is 25.7. The summed E-state index contributed by atoms with van der Waals surface area (Å²) >= 11 is 1.45. The second-order valence-electron chi connectivity index (χ2n) is 7.98. The molecule has 0 aromatic heterocycles. The van der Waals surface area contributed by atoms with Gasteiger partial charge in [0, 0.05) is 12.5 Å². The molecule has 0 saturated carbocycles. The van der Waals surface area contributed by atoms with Crippen molar-refractivity contribution in [1.82, 2.24) is 0 Å². The van der Waals surface area contributed by atoms with E-state index in [0.29, 0.717) is 0 Å². The molecule has 1 heterocycles. The van der Waals surface area contributed by atoms with E-state index < -0.39 is 5.41 Å². The van der Waals surface area contributed by atoms with Gasteiger partial charge < -0.3 is 4.74 Å². The van der Waals surface area contributed by atoms with Gasteiger partial charge in [-0.05, 0) is 41.7 Å². The van der Waals surface area contributed by atoms with E-state index >= 15 is 0 Å². The Morgan fingerprint density at radius 2 is 1.46 bits per heavy atom. The fourth-order valence-electron chi connectivity index (χ4n) is 4.66. The minimum absolute atomic E-state index is 0.00500. The highest BCUT2D eigenvalue weighted by Crippen LogP contribution is 2.57. The zero-order chi connectivity index (χ0) is 18.7. The van der Waals surface area contributed by atoms with Crippen molar-refractivity contribution in [2.24, 2.45) is 5.41 Å². The Hall–Kier alpha value is -1.84. The minimum atomic E-state index is -0.508. The maximum Gasteiger partial charge on any atom is 0.197 e. The zero-order valence-corrected chi connectivity index (χ0v) is 16.5. The van der Waals surface area contributed by atoms with Crippen LogP contribution >= 0.6 is 11.8 Å². The number of thioether (sulfide) groups is 1. The highest BCUT2D eigenvalue weighted by Gasteiger charge is 2.58. The summed E-state index contributed by atoms with van der Waals surface area (Å²) in [6.07, 6.45) is -0.155. The Morgan fingerprint density at radius 3 is 1.96 bits per heavy atom. The monoisotopic (exact) mass is 364 g/mol. The van der Waals surface area contributed by atoms with Gasteiger partial charge in [-0.2, -0.15) is 0 Å². The van der Waals surface area contributed by atoms with E-state index in [1.807, 2.05) is 13.8 Å². The predicted octanol–water partition coefficient (Wildman–Crippen LogP) is 5.05. The van der Waals surface area contributed by atoms with Crippen LogP contribution in [0.15, 0.2) is 55.1 Å². The van der Waals surface area contributed by atoms with Crippen LogP contribution in [0.2, 0.25) is 0 Å². The number of ether oxygens (including phenoxy) is 1. The lowest BCUT2D eigenvalue weighted by atomic mass is 9.62. The van der Waals surface area contributed by atoms with Gasteiger partial charge in [-0.15, -0.1) is 0 Å². The van der Waals surface area contributed by atoms with Crippen molar-refractivity contribution in [3.05, 3.63) is 77.4 Å². The molecule has 3 heteroatoms. The van der Waals surface area contributed by atoms with Crippen LogP contribution < -0.4 is 0 Å². The fraction of sp³-hybridized carbons (Fsp3) is 0.348. The number of rotatable bonds is 2. The summed E-state index contributed by atoms with van der Waals surface area (Å²) in [4.78, 5) is 12.8. The molecule has 4 rings (SSSR count). The van der Waals surface area contributed by atoms with Gasteiger partial charge in [-0.1, -0.05) is 73.8 Å². The van der Waals surface area contributed by atoms with Gasteiger partial charge in [0.15, 0.2) is 5.12 Å². The lowest BCUT2D eigenvalue weighted by Crippen LogP contribution is -2.48. The molecule has 2 aromatic rings. The molecule has 1 saturated heterocycles. The lowest BCUT2D eigenvalue weighted by Gasteiger charge is -2.45. The highest BCUT2D eigenvalue weighted by atomic mass is 32.2. The van der Waals surface area contributed by atoms with Crippen molar-refractivity contribution < 1.29 is 9.53 Å². The molecular weight excluding hydrogens is 340 g/mol. The zero-order valence-electron chi connectivity index (χ0n) is 15.7. The van der Waals surface area contributed by atoms with E-state index in [4.69, 9.17) is 4.74 Å². The Balaban J connectivity index is 2.00. The molecule has 0 unspecified atom stereocenters. The minimum Gasteiger partial charge on any atom is -0.379 e. The van der Waals surface area contributed by atoms with Crippen LogP contribution in [0.5, 0.6) is 0 Å². The predicted molar refractivity (Wildman–Crippen MR) is 108 cm³/mol. The van der Waals surface area contributed by atoms with Crippen LogP contribution in [0.3, 0.4) is 0 Å². The molecular formula is C23H24O2S. The molecule has 1 fully saturated rings. The highest BCUT2D eigenvalue weighted by molar-refractivity contribution is 8.14. The average molecular weight is 365 g/mol. The van der Waals surface area contributed by atoms with Gasteiger partial charge in [0.2, 0.25) is 0 Å². The molecule has 2 aromatic carbocycles. The van der Waals surface area contributed by atoms with Crippen LogP contribution in [0.1, 0.15) is 43.0 Å². The molecule has 1 aliphatic heterocycles. The molecule has 0 bridgehead atoms. The third-order valence-electron chi connectivity index (χ3n) is 6.19. The van der Waals surface area contributed by atoms with E-state index in [2.05, 4.69) is 62.0 Å². The number of hydrogen-bond acceptors (Lipinski definition) is 3. The molecule has 26 heavy (non-hydrogen) atoms. The van der Waals surface area contributed by atoms with Crippen molar-refractivity contribution >= 4 is 22.5 Å². The standard InChI is InChI=1S/C23H24O2S/c1-14-15-10-6-8-12-17(15)23(4,18-13-9-7-11-16(14)18)20-19(25-5)22(2,3)21(24)26-20/h6-13,19-20H,1H2,2-5H3/t19-,20-/m1/s1. The van der Waals surface area contributed by atoms with Crippen LogP contribution in [0.25, 0.3) is 5.57 Å². The number of benzene rings is 2. The Labute approximate surface area is 159 Å². The average Bonchev–Trinajstić information content (AvgIpc) is 2.89. The van der Waals surface area contributed by atoms with Crippen molar-refractivity contribution in [2.45, 2.75) is 37.5 Å². The van der Waals surface area contributed by atoms with Gasteiger partial charge in [0.25, 0.3) is 0 Å². The maximum absolute atomic E-state index is 12.8. The first-order valence-corrected chi connectivity index (χ1v) is 9.84. The number of methoxy groups -OCH3 is 1. The van der Waals surface area contributed by atoms with Crippen LogP contribution in [-0.2, 0) is 14.9 Å². The SMILES string of the molecule is C=C1c2ccccc2C(C)([C@@H]2SC(=O)C(C)(C)[C@@H]2OC)c2ccccc21. The summed E-state index contributed by atoms with van der Waals surface area (Å²) < 4.78 is 5.92. The quantitative estimate of drug-likeness (QED) is 0.746. The summed E-state index contributed by atoms with van der Waals surface area (Å²) in [5.74, 6) is 0. The third kappa shape index (κ3) is 2.14. The first-order valence-electron chi connectivity index (χ1n) is 8.96. The Kier molecular flexibility index (Phi) is 3.94. The Morgan fingerprint density at radius 1 is 0.962 bits per heavy atom. The smallest absolute Gasteiger partial charge is 0.197 e. The third-order valence-corrected chi connectivity index (χ3v) is 7.91. The second-order valence-corrected chi connectivity index (χ2v) is 9.09.